The fraction of sp³-hybridized carbons (Fsp3) is 0.333. The third-order valence-electron chi connectivity index (χ3n) is 3.23. The third kappa shape index (κ3) is 2.71. The van der Waals surface area contributed by atoms with Crippen LogP contribution in [0, 0.1) is 0 Å². The van der Waals surface area contributed by atoms with Gasteiger partial charge in [0.1, 0.15) is 0 Å². The van der Waals surface area contributed by atoms with Crippen molar-refractivity contribution in [2.75, 3.05) is 6.61 Å². The third-order valence-corrected chi connectivity index (χ3v) is 4.64. The van der Waals surface area contributed by atoms with Crippen molar-refractivity contribution in [3.63, 3.8) is 0 Å². The van der Waals surface area contributed by atoms with Crippen molar-refractivity contribution in [2.45, 2.75) is 26.2 Å². The molecule has 0 aliphatic rings. The lowest BCUT2D eigenvalue weighted by molar-refractivity contribution is 0.0518. The van der Waals surface area contributed by atoms with Gasteiger partial charge in [-0.25, -0.2) is 9.78 Å². The summed E-state index contributed by atoms with van der Waals surface area (Å²) in [6.07, 6.45) is 0. The summed E-state index contributed by atoms with van der Waals surface area (Å²) in [7, 11) is 0.441. The van der Waals surface area contributed by atoms with Crippen molar-refractivity contribution in [1.82, 2.24) is 4.98 Å². The Morgan fingerprint density at radius 3 is 2.63 bits per heavy atom. The van der Waals surface area contributed by atoms with E-state index in [1.165, 1.54) is 5.56 Å². The van der Waals surface area contributed by atoms with Crippen LogP contribution in [0.1, 0.15) is 42.1 Å². The summed E-state index contributed by atoms with van der Waals surface area (Å²) in [5, 5.41) is 1.05. The standard InChI is InChI=1S/C15H18NO2P/c1-4-18-14(17)12-13(19-10-16-12)15(2,3)11-8-6-5-7-9-11/h5-10,19H,4H2,1-3H3. The molecule has 1 unspecified atom stereocenters. The zero-order chi connectivity index (χ0) is 13.9. The molecule has 0 radical (unpaired) electrons. The predicted molar refractivity (Wildman–Crippen MR) is 78.3 cm³/mol. The van der Waals surface area contributed by atoms with Gasteiger partial charge in [-0.15, -0.1) is 8.19 Å². The Bertz CT molecular complexity index is 561. The molecule has 1 aromatic carbocycles. The Morgan fingerprint density at radius 1 is 1.32 bits per heavy atom. The molecule has 0 amide bonds. The van der Waals surface area contributed by atoms with Gasteiger partial charge in [-0.1, -0.05) is 44.2 Å². The largest absolute Gasteiger partial charge is 0.461 e. The molecule has 0 N–H and O–H groups in total. The van der Waals surface area contributed by atoms with Crippen molar-refractivity contribution in [3.05, 3.63) is 52.8 Å². The minimum absolute atomic E-state index is 0.210. The second kappa shape index (κ2) is 5.58. The molecule has 1 heterocycles. The lowest BCUT2D eigenvalue weighted by Crippen LogP contribution is -2.21. The molecule has 1 aromatic heterocycles. The van der Waals surface area contributed by atoms with E-state index < -0.39 is 0 Å². The minimum Gasteiger partial charge on any atom is -0.461 e. The fourth-order valence-electron chi connectivity index (χ4n) is 2.12. The minimum atomic E-state index is -0.317. The van der Waals surface area contributed by atoms with Gasteiger partial charge in [0, 0.05) is 16.6 Å². The van der Waals surface area contributed by atoms with E-state index in [0.717, 1.165) is 5.30 Å². The quantitative estimate of drug-likeness (QED) is 0.800. The van der Waals surface area contributed by atoms with Crippen LogP contribution in [-0.2, 0) is 10.2 Å². The maximum Gasteiger partial charge on any atom is 0.357 e. The summed E-state index contributed by atoms with van der Waals surface area (Å²) in [5.41, 5.74) is 1.46. The Labute approximate surface area is 115 Å². The number of hydrogen-bond acceptors (Lipinski definition) is 3. The SMILES string of the molecule is CCOC(=O)c1nc[pH]c1C(C)(C)c1ccccc1. The van der Waals surface area contributed by atoms with E-state index in [9.17, 15) is 4.79 Å². The van der Waals surface area contributed by atoms with Crippen molar-refractivity contribution in [2.24, 2.45) is 0 Å². The van der Waals surface area contributed by atoms with Crippen LogP contribution in [0.15, 0.2) is 36.3 Å². The van der Waals surface area contributed by atoms with Crippen LogP contribution in [0.2, 0.25) is 0 Å². The zero-order valence-corrected chi connectivity index (χ0v) is 12.4. The molecule has 100 valence electrons. The van der Waals surface area contributed by atoms with Gasteiger partial charge in [-0.2, -0.15) is 0 Å². The highest BCUT2D eigenvalue weighted by Crippen LogP contribution is 2.38. The molecular formula is C15H18NO2P. The Morgan fingerprint density at radius 2 is 2.00 bits per heavy atom. The van der Waals surface area contributed by atoms with E-state index >= 15 is 0 Å². The first-order valence-electron chi connectivity index (χ1n) is 6.34. The lowest BCUT2D eigenvalue weighted by Gasteiger charge is -2.25. The number of nitrogens with zero attached hydrogens (tertiary/aromatic N) is 1. The lowest BCUT2D eigenvalue weighted by atomic mass is 9.82. The summed E-state index contributed by atoms with van der Waals surface area (Å²) in [6.45, 7) is 6.43. The molecule has 0 saturated carbocycles. The molecule has 0 aliphatic carbocycles. The van der Waals surface area contributed by atoms with E-state index in [2.05, 4.69) is 31.0 Å². The summed E-state index contributed by atoms with van der Waals surface area (Å²) in [5.74, 6) is 1.49. The van der Waals surface area contributed by atoms with Crippen LogP contribution in [0.5, 0.6) is 0 Å². The first-order valence-corrected chi connectivity index (χ1v) is 7.41. The van der Waals surface area contributed by atoms with Crippen LogP contribution >= 0.6 is 8.19 Å². The first-order chi connectivity index (χ1) is 9.07. The predicted octanol–water partition coefficient (Wildman–Crippen LogP) is 3.62. The highest BCUT2D eigenvalue weighted by molar-refractivity contribution is 7.30. The number of carbonyl (C=O) groups excluding carboxylic acids is 1. The molecule has 2 aromatic rings. The van der Waals surface area contributed by atoms with Crippen molar-refractivity contribution < 1.29 is 9.53 Å². The smallest absolute Gasteiger partial charge is 0.357 e. The van der Waals surface area contributed by atoms with E-state index in [4.69, 9.17) is 4.74 Å². The van der Waals surface area contributed by atoms with Crippen LogP contribution < -0.4 is 0 Å². The number of aromatic nitrogens is 1. The van der Waals surface area contributed by atoms with Gasteiger partial charge in [0.25, 0.3) is 0 Å². The molecule has 2 rings (SSSR count). The highest BCUT2D eigenvalue weighted by Gasteiger charge is 2.30. The Balaban J connectivity index is 2.42. The van der Waals surface area contributed by atoms with E-state index in [-0.39, 0.29) is 11.4 Å². The number of ether oxygens (including phenoxy) is 1. The molecule has 0 fully saturated rings. The molecule has 0 aliphatic heterocycles. The van der Waals surface area contributed by atoms with Crippen LogP contribution in [0.3, 0.4) is 0 Å². The van der Waals surface area contributed by atoms with Crippen molar-refractivity contribution in [1.29, 1.82) is 0 Å². The monoisotopic (exact) mass is 275 g/mol. The Hall–Kier alpha value is -1.60. The van der Waals surface area contributed by atoms with Gasteiger partial charge >= 0.3 is 5.97 Å². The number of esters is 1. The fourth-order valence-corrected chi connectivity index (χ4v) is 3.26. The number of benzene rings is 1. The van der Waals surface area contributed by atoms with Gasteiger partial charge in [-0.05, 0) is 12.5 Å². The maximum absolute atomic E-state index is 11.9. The summed E-state index contributed by atoms with van der Waals surface area (Å²) >= 11 is 0. The molecule has 0 bridgehead atoms. The summed E-state index contributed by atoms with van der Waals surface area (Å²) in [6, 6.07) is 10.2. The van der Waals surface area contributed by atoms with Gasteiger partial charge in [0.05, 0.1) is 6.61 Å². The van der Waals surface area contributed by atoms with Gasteiger partial charge in [-0.3, -0.25) is 0 Å². The number of carbonyl (C=O) groups is 1. The summed E-state index contributed by atoms with van der Waals surface area (Å²) in [4.78, 5) is 16.2. The summed E-state index contributed by atoms with van der Waals surface area (Å²) < 4.78 is 5.08. The first kappa shape index (κ1) is 13.8. The molecule has 3 nitrogen and oxygen atoms in total. The second-order valence-corrected chi connectivity index (χ2v) is 5.88. The average molecular weight is 275 g/mol. The maximum atomic E-state index is 11.9. The Kier molecular flexibility index (Phi) is 4.06. The number of hydrogen-bond donors (Lipinski definition) is 0. The van der Waals surface area contributed by atoms with Gasteiger partial charge in [0.2, 0.25) is 0 Å². The van der Waals surface area contributed by atoms with Crippen LogP contribution in [0.25, 0.3) is 0 Å². The van der Waals surface area contributed by atoms with Gasteiger partial charge < -0.3 is 4.74 Å². The molecule has 0 saturated heterocycles. The van der Waals surface area contributed by atoms with E-state index in [0.29, 0.717) is 20.5 Å². The number of rotatable bonds is 4. The van der Waals surface area contributed by atoms with E-state index in [1.54, 1.807) is 6.92 Å². The van der Waals surface area contributed by atoms with Crippen molar-refractivity contribution in [3.8, 4) is 0 Å². The van der Waals surface area contributed by atoms with Gasteiger partial charge in [0.15, 0.2) is 5.69 Å². The van der Waals surface area contributed by atoms with Crippen LogP contribution in [0.4, 0.5) is 0 Å². The molecule has 4 heteroatoms. The molecular weight excluding hydrogens is 257 g/mol. The van der Waals surface area contributed by atoms with Crippen molar-refractivity contribution >= 4 is 14.2 Å². The second-order valence-electron chi connectivity index (χ2n) is 4.84. The van der Waals surface area contributed by atoms with Crippen LogP contribution in [-0.4, -0.2) is 17.6 Å². The zero-order valence-electron chi connectivity index (χ0n) is 11.4. The average Bonchev–Trinajstić information content (AvgIpc) is 2.90. The highest BCUT2D eigenvalue weighted by atomic mass is 31.0. The normalized spacial score (nSPS) is 11.7. The molecule has 1 atom stereocenters. The molecule has 0 spiro atoms. The topological polar surface area (TPSA) is 39.2 Å². The molecule has 19 heavy (non-hydrogen) atoms. The van der Waals surface area contributed by atoms with E-state index in [1.807, 2.05) is 24.1 Å².